The van der Waals surface area contributed by atoms with Gasteiger partial charge in [0.15, 0.2) is 0 Å². The highest BCUT2D eigenvalue weighted by molar-refractivity contribution is 8.03. The molecule has 1 aliphatic heterocycles. The molecule has 0 aromatic rings. The Morgan fingerprint density at radius 3 is 2.27 bits per heavy atom. The third-order valence-corrected chi connectivity index (χ3v) is 7.67. The van der Waals surface area contributed by atoms with Gasteiger partial charge in [0.25, 0.3) is 10.1 Å². The van der Waals surface area contributed by atoms with Gasteiger partial charge in [-0.05, 0) is 19.3 Å². The maximum Gasteiger partial charge on any atom is 0.512 e. The molecule has 1 heterocycles. The maximum absolute atomic E-state index is 12.1. The molecule has 2 bridgehead atoms. The van der Waals surface area contributed by atoms with E-state index in [-0.39, 0.29) is 19.3 Å². The third kappa shape index (κ3) is 3.53. The summed E-state index contributed by atoms with van der Waals surface area (Å²) in [6.45, 7) is 0. The first kappa shape index (κ1) is 17.9. The molecule has 130 valence electrons. The summed E-state index contributed by atoms with van der Waals surface area (Å²) in [5.41, 5.74) is -5.86. The second kappa shape index (κ2) is 5.27. The highest BCUT2D eigenvalue weighted by Crippen LogP contribution is 2.37. The molecule has 0 amide bonds. The van der Waals surface area contributed by atoms with Crippen molar-refractivity contribution in [3.8, 4) is 0 Å². The molecule has 15 heteroatoms. The fraction of sp³-hybridized carbons (Fsp3) is 1.00. The Hall–Kier alpha value is -0.480. The normalized spacial score (nSPS) is 32.0. The number of hydrogen-bond donors (Lipinski definition) is 1. The number of halogens is 3. The Balaban J connectivity index is 2.16. The van der Waals surface area contributed by atoms with E-state index in [0.717, 1.165) is 0 Å². The molecule has 22 heavy (non-hydrogen) atoms. The van der Waals surface area contributed by atoms with Crippen LogP contribution in [0.1, 0.15) is 19.3 Å². The standard InChI is InChI=1S/C7H10F3NO8S3/c8-7(9,10)21(14,15)11-22(16,17)19-5-2-1-4-3-6(5)20(12,13)18-4/h4-6,11H,1-3H2. The highest BCUT2D eigenvalue weighted by Gasteiger charge is 2.52. The molecular weight excluding hydrogens is 379 g/mol. The molecule has 3 atom stereocenters. The SMILES string of the molecule is O=S(=O)(NS(=O)(=O)C(F)(F)F)OC1CCC2CC1S(=O)(=O)O2. The quantitative estimate of drug-likeness (QED) is 0.627. The summed E-state index contributed by atoms with van der Waals surface area (Å²) >= 11 is 0. The van der Waals surface area contributed by atoms with Gasteiger partial charge in [-0.2, -0.15) is 30.0 Å². The van der Waals surface area contributed by atoms with E-state index in [1.807, 2.05) is 0 Å². The lowest BCUT2D eigenvalue weighted by Crippen LogP contribution is -2.45. The van der Waals surface area contributed by atoms with Crippen molar-refractivity contribution < 1.29 is 46.8 Å². The van der Waals surface area contributed by atoms with Gasteiger partial charge < -0.3 is 0 Å². The average molecular weight is 389 g/mol. The second-order valence-electron chi connectivity index (χ2n) is 4.68. The molecule has 1 saturated heterocycles. The van der Waals surface area contributed by atoms with Crippen LogP contribution in [0.4, 0.5) is 13.2 Å². The van der Waals surface area contributed by atoms with E-state index in [2.05, 4.69) is 8.37 Å². The van der Waals surface area contributed by atoms with Crippen molar-refractivity contribution in [2.45, 2.75) is 42.2 Å². The predicted molar refractivity (Wildman–Crippen MR) is 63.3 cm³/mol. The van der Waals surface area contributed by atoms with E-state index < -0.39 is 53.4 Å². The Morgan fingerprint density at radius 1 is 1.14 bits per heavy atom. The minimum atomic E-state index is -6.19. The van der Waals surface area contributed by atoms with E-state index in [1.54, 1.807) is 0 Å². The first-order chi connectivity index (χ1) is 9.74. The zero-order chi connectivity index (χ0) is 17.0. The van der Waals surface area contributed by atoms with Crippen molar-refractivity contribution in [2.24, 2.45) is 0 Å². The van der Waals surface area contributed by atoms with E-state index in [4.69, 9.17) is 0 Å². The van der Waals surface area contributed by atoms with Crippen LogP contribution < -0.4 is 4.13 Å². The molecule has 0 radical (unpaired) electrons. The summed E-state index contributed by atoms with van der Waals surface area (Å²) in [5, 5.41) is -1.38. The molecule has 1 N–H and O–H groups in total. The maximum atomic E-state index is 12.1. The van der Waals surface area contributed by atoms with Crippen LogP contribution in [-0.2, 0) is 38.8 Å². The number of alkyl halides is 3. The lowest BCUT2D eigenvalue weighted by Gasteiger charge is -2.24. The lowest BCUT2D eigenvalue weighted by molar-refractivity contribution is -0.0442. The fourth-order valence-corrected chi connectivity index (χ4v) is 6.14. The monoisotopic (exact) mass is 389 g/mol. The zero-order valence-corrected chi connectivity index (χ0v) is 12.9. The molecule has 0 spiro atoms. The van der Waals surface area contributed by atoms with Crippen LogP contribution in [0.2, 0.25) is 0 Å². The molecule has 1 aliphatic carbocycles. The van der Waals surface area contributed by atoms with Crippen LogP contribution in [0.15, 0.2) is 0 Å². The number of fused-ring (bicyclic) bond motifs is 2. The van der Waals surface area contributed by atoms with E-state index in [0.29, 0.717) is 4.13 Å². The van der Waals surface area contributed by atoms with Crippen molar-refractivity contribution in [1.82, 2.24) is 4.13 Å². The molecule has 1 saturated carbocycles. The lowest BCUT2D eigenvalue weighted by atomic mass is 9.95. The summed E-state index contributed by atoms with van der Waals surface area (Å²) in [4.78, 5) is 0. The van der Waals surface area contributed by atoms with E-state index in [9.17, 15) is 38.4 Å². The van der Waals surface area contributed by atoms with Gasteiger partial charge in [-0.15, -0.1) is 0 Å². The Labute approximate surface area is 124 Å². The Kier molecular flexibility index (Phi) is 4.28. The molecular formula is C7H10F3NO8S3. The molecule has 0 aromatic carbocycles. The van der Waals surface area contributed by atoms with Gasteiger partial charge >= 0.3 is 25.8 Å². The summed E-state index contributed by atoms with van der Waals surface area (Å²) in [6, 6.07) is 0. The van der Waals surface area contributed by atoms with Crippen LogP contribution in [0.25, 0.3) is 0 Å². The minimum Gasteiger partial charge on any atom is -0.266 e. The topological polar surface area (TPSA) is 133 Å². The third-order valence-electron chi connectivity index (χ3n) is 3.09. The molecule has 2 fully saturated rings. The minimum absolute atomic E-state index is 0.0749. The fourth-order valence-electron chi connectivity index (χ4n) is 2.19. The van der Waals surface area contributed by atoms with Crippen LogP contribution in [0.5, 0.6) is 0 Å². The summed E-state index contributed by atoms with van der Waals surface area (Å²) in [6.07, 6.45) is -2.24. The zero-order valence-electron chi connectivity index (χ0n) is 10.5. The number of rotatable bonds is 4. The van der Waals surface area contributed by atoms with Crippen LogP contribution in [0.3, 0.4) is 0 Å². The van der Waals surface area contributed by atoms with Gasteiger partial charge in [0.2, 0.25) is 0 Å². The molecule has 9 nitrogen and oxygen atoms in total. The van der Waals surface area contributed by atoms with Gasteiger partial charge in [0, 0.05) is 0 Å². The smallest absolute Gasteiger partial charge is 0.266 e. The molecule has 2 rings (SSSR count). The number of hydrogen-bond acceptors (Lipinski definition) is 8. The van der Waals surface area contributed by atoms with Gasteiger partial charge in [-0.1, -0.05) is 4.13 Å². The molecule has 2 aliphatic rings. The van der Waals surface area contributed by atoms with Gasteiger partial charge in [-0.25, -0.2) is 8.42 Å². The van der Waals surface area contributed by atoms with Crippen molar-refractivity contribution in [1.29, 1.82) is 0 Å². The first-order valence-electron chi connectivity index (χ1n) is 5.69. The van der Waals surface area contributed by atoms with E-state index in [1.165, 1.54) is 0 Å². The van der Waals surface area contributed by atoms with Crippen LogP contribution >= 0.6 is 0 Å². The predicted octanol–water partition coefficient (Wildman–Crippen LogP) is -0.663. The van der Waals surface area contributed by atoms with Gasteiger partial charge in [0.1, 0.15) is 5.25 Å². The Bertz CT molecular complexity index is 755. The number of nitrogens with one attached hydrogen (secondary N) is 1. The van der Waals surface area contributed by atoms with E-state index >= 15 is 0 Å². The highest BCUT2D eigenvalue weighted by atomic mass is 32.3. The largest absolute Gasteiger partial charge is 0.512 e. The van der Waals surface area contributed by atoms with Crippen molar-refractivity contribution >= 4 is 30.4 Å². The molecule has 3 unspecified atom stereocenters. The number of sulfonamides is 1. The van der Waals surface area contributed by atoms with Gasteiger partial charge in [0.05, 0.1) is 12.2 Å². The van der Waals surface area contributed by atoms with Crippen molar-refractivity contribution in [3.63, 3.8) is 0 Å². The average Bonchev–Trinajstić information content (AvgIpc) is 2.51. The molecule has 0 aromatic heterocycles. The first-order valence-corrected chi connectivity index (χ1v) is 10.0. The van der Waals surface area contributed by atoms with Crippen molar-refractivity contribution in [2.75, 3.05) is 0 Å². The van der Waals surface area contributed by atoms with Crippen LogP contribution in [0, 0.1) is 0 Å². The van der Waals surface area contributed by atoms with Gasteiger partial charge in [-0.3, -0.25) is 8.37 Å². The summed E-state index contributed by atoms with van der Waals surface area (Å²) < 4.78 is 113. The van der Waals surface area contributed by atoms with Crippen LogP contribution in [-0.4, -0.2) is 48.2 Å². The summed E-state index contributed by atoms with van der Waals surface area (Å²) in [5.74, 6) is 0. The van der Waals surface area contributed by atoms with Crippen molar-refractivity contribution in [3.05, 3.63) is 0 Å². The summed E-state index contributed by atoms with van der Waals surface area (Å²) in [7, 11) is -15.7. The Morgan fingerprint density at radius 2 is 1.73 bits per heavy atom. The second-order valence-corrected chi connectivity index (χ2v) is 9.70.